The smallest absolute Gasteiger partial charge is 0.438 e. The van der Waals surface area contributed by atoms with Crippen molar-refractivity contribution in [1.29, 1.82) is 0 Å². The molecule has 28 heavy (non-hydrogen) atoms. The Bertz CT molecular complexity index is 729. The van der Waals surface area contributed by atoms with Crippen LogP contribution in [0, 0.1) is 0 Å². The van der Waals surface area contributed by atoms with E-state index < -0.39 is 26.7 Å². The van der Waals surface area contributed by atoms with Crippen molar-refractivity contribution >= 4 is 24.8 Å². The summed E-state index contributed by atoms with van der Waals surface area (Å²) < 4.78 is 16.9. The molecule has 0 heterocycles. The summed E-state index contributed by atoms with van der Waals surface area (Å²) in [5, 5.41) is 2.17. The summed E-state index contributed by atoms with van der Waals surface area (Å²) in [6, 6.07) is 20.7. The van der Waals surface area contributed by atoms with Gasteiger partial charge in [0.2, 0.25) is 0 Å². The van der Waals surface area contributed by atoms with E-state index in [2.05, 4.69) is 56.4 Å². The summed E-state index contributed by atoms with van der Waals surface area (Å²) >= 11 is 0. The lowest BCUT2D eigenvalue weighted by atomic mass is 10.2. The molecule has 2 atom stereocenters. The van der Waals surface area contributed by atoms with E-state index in [1.807, 2.05) is 43.3 Å². The zero-order valence-electron chi connectivity index (χ0n) is 17.3. The minimum Gasteiger partial charge on any atom is -0.438 e. The molecule has 0 radical (unpaired) electrons. The van der Waals surface area contributed by atoms with Gasteiger partial charge in [-0.25, -0.2) is 4.79 Å². The van der Waals surface area contributed by atoms with Gasteiger partial charge in [0.25, 0.3) is 8.32 Å². The summed E-state index contributed by atoms with van der Waals surface area (Å²) in [6.45, 7) is 12.3. The number of carbonyl (C=O) groups is 1. The van der Waals surface area contributed by atoms with Crippen LogP contribution < -0.4 is 10.4 Å². The van der Waals surface area contributed by atoms with Crippen LogP contribution in [0.15, 0.2) is 73.3 Å². The first-order valence-corrected chi connectivity index (χ1v) is 11.3. The molecule has 0 saturated heterocycles. The maximum atomic E-state index is 11.7. The fourth-order valence-electron chi connectivity index (χ4n) is 3.53. The summed E-state index contributed by atoms with van der Waals surface area (Å²) in [6.07, 6.45) is -0.181. The normalized spacial score (nSPS) is 14.0. The molecule has 0 aliphatic rings. The van der Waals surface area contributed by atoms with Crippen molar-refractivity contribution in [2.75, 3.05) is 7.11 Å². The molecule has 0 amide bonds. The third-order valence-electron chi connectivity index (χ3n) is 4.87. The first-order valence-electron chi connectivity index (χ1n) is 9.42. The number of carbonyl (C=O) groups excluding carboxylic acids is 1. The molecule has 0 aromatic heterocycles. The highest BCUT2D eigenvalue weighted by molar-refractivity contribution is 6.99. The first-order chi connectivity index (χ1) is 13.3. The van der Waals surface area contributed by atoms with Gasteiger partial charge in [-0.05, 0) is 28.4 Å². The molecule has 0 aliphatic carbocycles. The Labute approximate surface area is 169 Å². The van der Waals surface area contributed by atoms with E-state index in [4.69, 9.17) is 9.16 Å². The first kappa shape index (κ1) is 21.9. The average Bonchev–Trinajstić information content (AvgIpc) is 2.70. The Morgan fingerprint density at radius 1 is 1.00 bits per heavy atom. The standard InChI is InChI=1S/C23H30O4Si/c1-7-21(26-22(24)25-6)18(2)27-28(23(3,4)5,19-14-10-8-11-15-19)20-16-12-9-13-17-20/h7-18,21H,1H2,2-6H3/t18-,21?/m0/s1. The third kappa shape index (κ3) is 4.54. The van der Waals surface area contributed by atoms with Crippen LogP contribution >= 0.6 is 0 Å². The minimum atomic E-state index is -2.73. The van der Waals surface area contributed by atoms with E-state index in [1.54, 1.807) is 6.08 Å². The number of rotatable bonds is 7. The number of ether oxygens (including phenoxy) is 2. The lowest BCUT2D eigenvalue weighted by molar-refractivity contribution is 0.00828. The van der Waals surface area contributed by atoms with Crippen LogP contribution in [0.5, 0.6) is 0 Å². The maximum absolute atomic E-state index is 11.7. The van der Waals surface area contributed by atoms with Gasteiger partial charge >= 0.3 is 6.16 Å². The van der Waals surface area contributed by atoms with Crippen molar-refractivity contribution in [2.24, 2.45) is 0 Å². The van der Waals surface area contributed by atoms with Gasteiger partial charge in [0.15, 0.2) is 0 Å². The predicted molar refractivity (Wildman–Crippen MR) is 116 cm³/mol. The highest BCUT2D eigenvalue weighted by Gasteiger charge is 2.51. The zero-order valence-corrected chi connectivity index (χ0v) is 18.3. The molecule has 0 bridgehead atoms. The van der Waals surface area contributed by atoms with Gasteiger partial charge in [-0.3, -0.25) is 0 Å². The second-order valence-electron chi connectivity index (χ2n) is 7.76. The maximum Gasteiger partial charge on any atom is 0.508 e. The monoisotopic (exact) mass is 398 g/mol. The van der Waals surface area contributed by atoms with Gasteiger partial charge in [-0.2, -0.15) is 0 Å². The van der Waals surface area contributed by atoms with Gasteiger partial charge in [0, 0.05) is 0 Å². The number of hydrogen-bond donors (Lipinski definition) is 0. The van der Waals surface area contributed by atoms with Crippen LogP contribution in [0.1, 0.15) is 27.7 Å². The minimum absolute atomic E-state index is 0.166. The molecule has 2 rings (SSSR count). The summed E-state index contributed by atoms with van der Waals surface area (Å²) in [7, 11) is -1.44. The molecular formula is C23H30O4Si. The SMILES string of the molecule is C=CC(OC(=O)OC)[C@H](C)O[Si](c1ccccc1)(c1ccccc1)C(C)(C)C. The van der Waals surface area contributed by atoms with E-state index in [0.29, 0.717) is 0 Å². The highest BCUT2D eigenvalue weighted by atomic mass is 28.4. The molecule has 0 saturated carbocycles. The molecule has 0 spiro atoms. The fourth-order valence-corrected chi connectivity index (χ4v) is 8.24. The molecule has 5 heteroatoms. The second-order valence-corrected chi connectivity index (χ2v) is 12.0. The van der Waals surface area contributed by atoms with E-state index in [9.17, 15) is 4.79 Å². The number of benzene rings is 2. The second kappa shape index (κ2) is 9.21. The van der Waals surface area contributed by atoms with Gasteiger partial charge in [0.05, 0.1) is 13.2 Å². The third-order valence-corrected chi connectivity index (χ3v) is 10.0. The topological polar surface area (TPSA) is 44.8 Å². The Balaban J connectivity index is 2.58. The fraction of sp³-hybridized carbons (Fsp3) is 0.348. The molecule has 4 nitrogen and oxygen atoms in total. The van der Waals surface area contributed by atoms with Crippen molar-refractivity contribution in [3.63, 3.8) is 0 Å². The van der Waals surface area contributed by atoms with Crippen molar-refractivity contribution < 1.29 is 18.7 Å². The molecular weight excluding hydrogens is 368 g/mol. The molecule has 150 valence electrons. The molecule has 0 fully saturated rings. The van der Waals surface area contributed by atoms with E-state index >= 15 is 0 Å². The van der Waals surface area contributed by atoms with Crippen LogP contribution in [-0.2, 0) is 13.9 Å². The van der Waals surface area contributed by atoms with Gasteiger partial charge in [-0.15, -0.1) is 0 Å². The molecule has 0 aliphatic heterocycles. The Kier molecular flexibility index (Phi) is 7.21. The van der Waals surface area contributed by atoms with Crippen molar-refractivity contribution in [3.8, 4) is 0 Å². The van der Waals surface area contributed by atoms with Crippen molar-refractivity contribution in [2.45, 2.75) is 44.9 Å². The van der Waals surface area contributed by atoms with Gasteiger partial charge in [-0.1, -0.05) is 88.0 Å². The van der Waals surface area contributed by atoms with E-state index in [0.717, 1.165) is 0 Å². The van der Waals surface area contributed by atoms with Crippen LogP contribution in [0.4, 0.5) is 4.79 Å². The van der Waals surface area contributed by atoms with Crippen LogP contribution in [0.2, 0.25) is 5.04 Å². The van der Waals surface area contributed by atoms with Gasteiger partial charge in [0.1, 0.15) is 6.10 Å². The van der Waals surface area contributed by atoms with Crippen molar-refractivity contribution in [3.05, 3.63) is 73.3 Å². The summed E-state index contributed by atoms with van der Waals surface area (Å²) in [5.41, 5.74) is 0. The predicted octanol–water partition coefficient (Wildman–Crippen LogP) is 4.29. The summed E-state index contributed by atoms with van der Waals surface area (Å²) in [5.74, 6) is 0. The largest absolute Gasteiger partial charge is 0.508 e. The van der Waals surface area contributed by atoms with Crippen LogP contribution in [-0.4, -0.2) is 33.8 Å². The number of methoxy groups -OCH3 is 1. The number of hydrogen-bond acceptors (Lipinski definition) is 4. The average molecular weight is 399 g/mol. The van der Waals surface area contributed by atoms with Gasteiger partial charge < -0.3 is 13.9 Å². The molecule has 2 aromatic rings. The Hall–Kier alpha value is -2.37. The van der Waals surface area contributed by atoms with Crippen LogP contribution in [0.25, 0.3) is 0 Å². The quantitative estimate of drug-likeness (QED) is 0.396. The zero-order chi connectivity index (χ0) is 20.8. The lowest BCUT2D eigenvalue weighted by Crippen LogP contribution is -2.68. The highest BCUT2D eigenvalue weighted by Crippen LogP contribution is 2.38. The lowest BCUT2D eigenvalue weighted by Gasteiger charge is -2.45. The Morgan fingerprint density at radius 3 is 1.82 bits per heavy atom. The molecule has 2 aromatic carbocycles. The Morgan fingerprint density at radius 2 is 1.46 bits per heavy atom. The summed E-state index contributed by atoms with van der Waals surface area (Å²) in [4.78, 5) is 11.7. The van der Waals surface area contributed by atoms with E-state index in [1.165, 1.54) is 17.5 Å². The molecule has 0 N–H and O–H groups in total. The molecule has 1 unspecified atom stereocenters. The van der Waals surface area contributed by atoms with Crippen molar-refractivity contribution in [1.82, 2.24) is 0 Å². The van der Waals surface area contributed by atoms with E-state index in [-0.39, 0.29) is 5.04 Å². The van der Waals surface area contributed by atoms with Crippen LogP contribution in [0.3, 0.4) is 0 Å².